The van der Waals surface area contributed by atoms with Crippen LogP contribution in [-0.2, 0) is 0 Å². The molecule has 1 aromatic rings. The van der Waals surface area contributed by atoms with Gasteiger partial charge in [-0.15, -0.1) is 0 Å². The van der Waals surface area contributed by atoms with Crippen LogP contribution < -0.4 is 4.74 Å². The van der Waals surface area contributed by atoms with Gasteiger partial charge in [0.15, 0.2) is 0 Å². The Balaban J connectivity index is 1.74. The smallest absolute Gasteiger partial charge is 0.257 e. The fraction of sp³-hybridized carbons (Fsp3) is 0.562. The molecule has 2 atom stereocenters. The van der Waals surface area contributed by atoms with Gasteiger partial charge >= 0.3 is 0 Å². The molecule has 2 heterocycles. The van der Waals surface area contributed by atoms with Crippen molar-refractivity contribution >= 4 is 5.91 Å². The zero-order valence-electron chi connectivity index (χ0n) is 12.4. The first-order chi connectivity index (χ1) is 10.2. The van der Waals surface area contributed by atoms with E-state index < -0.39 is 6.10 Å². The van der Waals surface area contributed by atoms with Crippen molar-refractivity contribution in [2.45, 2.75) is 25.0 Å². The van der Waals surface area contributed by atoms with Gasteiger partial charge in [0.2, 0.25) is 0 Å². The summed E-state index contributed by atoms with van der Waals surface area (Å²) in [5.41, 5.74) is 0.564. The van der Waals surface area contributed by atoms with Gasteiger partial charge in [-0.2, -0.15) is 0 Å². The van der Waals surface area contributed by atoms with E-state index >= 15 is 0 Å². The number of aliphatic hydroxyl groups excluding tert-OH is 1. The van der Waals surface area contributed by atoms with Crippen molar-refractivity contribution in [2.75, 3.05) is 33.3 Å². The van der Waals surface area contributed by atoms with Gasteiger partial charge in [0, 0.05) is 13.1 Å². The number of ether oxygens (including phenoxy) is 1. The topological polar surface area (TPSA) is 53.0 Å². The Morgan fingerprint density at radius 3 is 2.67 bits per heavy atom. The van der Waals surface area contributed by atoms with E-state index in [0.29, 0.717) is 24.4 Å². The molecule has 2 fully saturated rings. The van der Waals surface area contributed by atoms with E-state index in [1.54, 1.807) is 24.1 Å². The molecular formula is C16H22N2O3. The molecule has 2 aliphatic heterocycles. The van der Waals surface area contributed by atoms with Crippen LogP contribution in [-0.4, -0.2) is 66.2 Å². The monoisotopic (exact) mass is 290 g/mol. The maximum absolute atomic E-state index is 12.6. The minimum Gasteiger partial charge on any atom is -0.496 e. The summed E-state index contributed by atoms with van der Waals surface area (Å²) < 4.78 is 5.26. The fourth-order valence-corrected chi connectivity index (χ4v) is 3.36. The molecule has 0 bridgehead atoms. The van der Waals surface area contributed by atoms with Crippen LogP contribution in [0.3, 0.4) is 0 Å². The van der Waals surface area contributed by atoms with Crippen LogP contribution in [0, 0.1) is 0 Å². The summed E-state index contributed by atoms with van der Waals surface area (Å²) in [7, 11) is 1.57. The first kappa shape index (κ1) is 14.4. The Hall–Kier alpha value is -1.59. The molecular weight excluding hydrogens is 268 g/mol. The van der Waals surface area contributed by atoms with Crippen molar-refractivity contribution in [3.63, 3.8) is 0 Å². The molecule has 0 aliphatic carbocycles. The third-order valence-corrected chi connectivity index (χ3v) is 4.49. The number of amides is 1. The highest BCUT2D eigenvalue weighted by Gasteiger charge is 2.39. The van der Waals surface area contributed by atoms with E-state index in [1.807, 2.05) is 12.1 Å². The minimum absolute atomic E-state index is 0.0619. The van der Waals surface area contributed by atoms with Crippen molar-refractivity contribution in [3.05, 3.63) is 29.8 Å². The van der Waals surface area contributed by atoms with Crippen LogP contribution in [0.4, 0.5) is 0 Å². The highest BCUT2D eigenvalue weighted by atomic mass is 16.5. The van der Waals surface area contributed by atoms with Crippen molar-refractivity contribution in [1.82, 2.24) is 9.80 Å². The number of β-amino-alcohol motifs (C(OH)–C–C–N with tert-alkyl or cyclic N) is 1. The van der Waals surface area contributed by atoms with Crippen molar-refractivity contribution < 1.29 is 14.6 Å². The lowest BCUT2D eigenvalue weighted by Gasteiger charge is -2.25. The second kappa shape index (κ2) is 6.03. The number of para-hydroxylation sites is 1. The van der Waals surface area contributed by atoms with Gasteiger partial charge in [-0.1, -0.05) is 12.1 Å². The van der Waals surface area contributed by atoms with Crippen LogP contribution >= 0.6 is 0 Å². The van der Waals surface area contributed by atoms with Crippen molar-refractivity contribution in [3.8, 4) is 5.75 Å². The molecule has 3 rings (SSSR count). The average Bonchev–Trinajstić information content (AvgIpc) is 3.15. The number of benzene rings is 1. The number of hydrogen-bond acceptors (Lipinski definition) is 4. The highest BCUT2D eigenvalue weighted by molar-refractivity contribution is 5.97. The lowest BCUT2D eigenvalue weighted by atomic mass is 10.2. The number of aliphatic hydroxyl groups is 1. The second-order valence-corrected chi connectivity index (χ2v) is 5.79. The highest BCUT2D eigenvalue weighted by Crippen LogP contribution is 2.25. The number of likely N-dealkylation sites (tertiary alicyclic amines) is 2. The summed E-state index contributed by atoms with van der Waals surface area (Å²) in [5.74, 6) is 0.523. The molecule has 5 heteroatoms. The zero-order valence-corrected chi connectivity index (χ0v) is 12.4. The van der Waals surface area contributed by atoms with Gasteiger partial charge < -0.3 is 14.7 Å². The van der Waals surface area contributed by atoms with Gasteiger partial charge in [0.05, 0.1) is 24.8 Å². The Morgan fingerprint density at radius 1 is 1.24 bits per heavy atom. The molecule has 0 saturated carbocycles. The molecule has 0 radical (unpaired) electrons. The summed E-state index contributed by atoms with van der Waals surface area (Å²) in [5, 5.41) is 10.3. The first-order valence-electron chi connectivity index (χ1n) is 7.55. The maximum Gasteiger partial charge on any atom is 0.257 e. The average molecular weight is 290 g/mol. The van der Waals surface area contributed by atoms with E-state index in [9.17, 15) is 9.90 Å². The fourth-order valence-electron chi connectivity index (χ4n) is 3.36. The molecule has 0 spiro atoms. The summed E-state index contributed by atoms with van der Waals surface area (Å²) in [6.45, 7) is 3.05. The number of rotatable bonds is 3. The van der Waals surface area contributed by atoms with E-state index in [0.717, 1.165) is 13.1 Å². The molecule has 5 nitrogen and oxygen atoms in total. The van der Waals surface area contributed by atoms with E-state index in [4.69, 9.17) is 4.74 Å². The number of methoxy groups -OCH3 is 1. The van der Waals surface area contributed by atoms with E-state index in [1.165, 1.54) is 12.8 Å². The third kappa shape index (κ3) is 2.76. The molecule has 1 N–H and O–H groups in total. The maximum atomic E-state index is 12.6. The Kier molecular flexibility index (Phi) is 4.12. The molecule has 1 aromatic carbocycles. The van der Waals surface area contributed by atoms with Crippen molar-refractivity contribution in [2.24, 2.45) is 0 Å². The van der Waals surface area contributed by atoms with Crippen LogP contribution in [0.1, 0.15) is 23.2 Å². The summed E-state index contributed by atoms with van der Waals surface area (Å²) in [6.07, 6.45) is 1.91. The zero-order chi connectivity index (χ0) is 14.8. The molecule has 114 valence electrons. The van der Waals surface area contributed by atoms with Gasteiger partial charge in [0.1, 0.15) is 5.75 Å². The Labute approximate surface area is 125 Å². The number of nitrogens with zero attached hydrogens (tertiary/aromatic N) is 2. The third-order valence-electron chi connectivity index (χ3n) is 4.49. The quantitative estimate of drug-likeness (QED) is 0.901. The molecule has 0 unspecified atom stereocenters. The minimum atomic E-state index is -0.457. The predicted molar refractivity (Wildman–Crippen MR) is 79.5 cm³/mol. The molecule has 21 heavy (non-hydrogen) atoms. The standard InChI is InChI=1S/C16H22N2O3/c1-21-15-7-3-2-6-12(15)16(20)18-10-13(14(19)11-18)17-8-4-5-9-17/h2-3,6-7,13-14,19H,4-5,8-11H2,1H3/t13-,14-/m1/s1. The molecule has 2 saturated heterocycles. The van der Waals surface area contributed by atoms with Crippen LogP contribution in [0.5, 0.6) is 5.75 Å². The summed E-state index contributed by atoms with van der Waals surface area (Å²) in [6, 6.07) is 7.32. The Bertz CT molecular complexity index is 514. The molecule has 1 amide bonds. The first-order valence-corrected chi connectivity index (χ1v) is 7.55. The van der Waals surface area contributed by atoms with Gasteiger partial charge in [-0.3, -0.25) is 9.69 Å². The SMILES string of the molecule is COc1ccccc1C(=O)N1C[C@@H](O)[C@H](N2CCCC2)C1. The van der Waals surface area contributed by atoms with Crippen molar-refractivity contribution in [1.29, 1.82) is 0 Å². The van der Waals surface area contributed by atoms with E-state index in [-0.39, 0.29) is 11.9 Å². The lowest BCUT2D eigenvalue weighted by molar-refractivity contribution is 0.0760. The predicted octanol–water partition coefficient (Wildman–Crippen LogP) is 0.976. The van der Waals surface area contributed by atoms with Gasteiger partial charge in [-0.25, -0.2) is 0 Å². The molecule has 0 aromatic heterocycles. The van der Waals surface area contributed by atoms with Gasteiger partial charge in [-0.05, 0) is 38.1 Å². The number of carbonyl (C=O) groups excluding carboxylic acids is 1. The van der Waals surface area contributed by atoms with Crippen LogP contribution in [0.15, 0.2) is 24.3 Å². The Morgan fingerprint density at radius 2 is 1.95 bits per heavy atom. The van der Waals surface area contributed by atoms with Crippen LogP contribution in [0.2, 0.25) is 0 Å². The van der Waals surface area contributed by atoms with Crippen LogP contribution in [0.25, 0.3) is 0 Å². The molecule has 2 aliphatic rings. The second-order valence-electron chi connectivity index (χ2n) is 5.79. The number of hydrogen-bond donors (Lipinski definition) is 1. The largest absolute Gasteiger partial charge is 0.496 e. The normalized spacial score (nSPS) is 26.3. The lowest BCUT2D eigenvalue weighted by Crippen LogP contribution is -2.41. The summed E-state index contributed by atoms with van der Waals surface area (Å²) >= 11 is 0. The number of carbonyl (C=O) groups is 1. The van der Waals surface area contributed by atoms with E-state index in [2.05, 4.69) is 4.90 Å². The van der Waals surface area contributed by atoms with Gasteiger partial charge in [0.25, 0.3) is 5.91 Å². The summed E-state index contributed by atoms with van der Waals surface area (Å²) in [4.78, 5) is 16.7.